The van der Waals surface area contributed by atoms with E-state index in [9.17, 15) is 13.2 Å². The zero-order valence-electron chi connectivity index (χ0n) is 10.1. The molecule has 0 spiro atoms. The average Bonchev–Trinajstić information content (AvgIpc) is 1.98. The van der Waals surface area contributed by atoms with Gasteiger partial charge in [0.15, 0.2) is 0 Å². The normalized spacial score (nSPS) is 13.5. The first-order chi connectivity index (χ1) is 7.14. The van der Waals surface area contributed by atoms with Gasteiger partial charge in [-0.2, -0.15) is 13.2 Å². The highest BCUT2D eigenvalue weighted by atomic mass is 19.4. The number of nitrogens with one attached hydrogen (secondary N) is 1. The number of hydrogen-bond donors (Lipinski definition) is 2. The summed E-state index contributed by atoms with van der Waals surface area (Å²) in [6.45, 7) is 5.42. The lowest BCUT2D eigenvalue weighted by molar-refractivity contribution is -0.146. The zero-order chi connectivity index (χ0) is 12.8. The van der Waals surface area contributed by atoms with Crippen LogP contribution in [0.25, 0.3) is 0 Å². The molecule has 0 bridgehead atoms. The predicted molar refractivity (Wildman–Crippen MR) is 57.3 cm³/mol. The fraction of sp³-hybridized carbons (Fsp3) is 1.00. The van der Waals surface area contributed by atoms with Crippen LogP contribution in [0.5, 0.6) is 0 Å². The Morgan fingerprint density at radius 3 is 2.06 bits per heavy atom. The van der Waals surface area contributed by atoms with Gasteiger partial charge in [-0.1, -0.05) is 0 Å². The summed E-state index contributed by atoms with van der Waals surface area (Å²) >= 11 is 0. The van der Waals surface area contributed by atoms with Crippen LogP contribution in [-0.4, -0.2) is 54.5 Å². The third kappa shape index (κ3) is 10.2. The minimum absolute atomic E-state index is 0.0470. The Morgan fingerprint density at radius 2 is 1.69 bits per heavy atom. The van der Waals surface area contributed by atoms with Crippen LogP contribution >= 0.6 is 0 Å². The molecule has 0 aliphatic carbocycles. The summed E-state index contributed by atoms with van der Waals surface area (Å²) in [4.78, 5) is 1.19. The number of aliphatic hydroxyl groups is 1. The second kappa shape index (κ2) is 6.42. The smallest absolute Gasteiger partial charge is 0.395 e. The Hall–Kier alpha value is -0.330. The van der Waals surface area contributed by atoms with Crippen molar-refractivity contribution in [1.29, 1.82) is 0 Å². The highest BCUT2D eigenvalue weighted by Crippen LogP contribution is 2.15. The monoisotopic (exact) mass is 242 g/mol. The molecule has 0 radical (unpaired) electrons. The summed E-state index contributed by atoms with van der Waals surface area (Å²) < 4.78 is 36.4. The fourth-order valence-electron chi connectivity index (χ4n) is 1.25. The molecule has 0 atom stereocenters. The summed E-state index contributed by atoms with van der Waals surface area (Å²) in [5.41, 5.74) is -0.108. The molecule has 6 heteroatoms. The van der Waals surface area contributed by atoms with Gasteiger partial charge in [-0.15, -0.1) is 0 Å². The van der Waals surface area contributed by atoms with Crippen LogP contribution in [0.15, 0.2) is 0 Å². The first kappa shape index (κ1) is 15.7. The lowest BCUT2D eigenvalue weighted by Crippen LogP contribution is -2.44. The van der Waals surface area contributed by atoms with E-state index in [1.54, 1.807) is 0 Å². The summed E-state index contributed by atoms with van der Waals surface area (Å²) in [5, 5.41) is 11.8. The van der Waals surface area contributed by atoms with Crippen molar-refractivity contribution in [1.82, 2.24) is 10.2 Å². The first-order valence-electron chi connectivity index (χ1n) is 5.29. The van der Waals surface area contributed by atoms with Crippen LogP contribution in [0, 0.1) is 0 Å². The molecule has 0 aliphatic heterocycles. The molecule has 3 nitrogen and oxygen atoms in total. The molecule has 0 aromatic rings. The van der Waals surface area contributed by atoms with Gasteiger partial charge in [0.25, 0.3) is 0 Å². The Balaban J connectivity index is 3.95. The molecule has 0 aromatic heterocycles. The number of halogens is 3. The number of hydrogen-bond acceptors (Lipinski definition) is 3. The molecule has 0 saturated carbocycles. The second-order valence-corrected chi connectivity index (χ2v) is 4.79. The van der Waals surface area contributed by atoms with Gasteiger partial charge in [0, 0.05) is 25.2 Å². The molecule has 0 saturated heterocycles. The van der Waals surface area contributed by atoms with Crippen LogP contribution < -0.4 is 5.32 Å². The maximum atomic E-state index is 12.1. The number of nitrogens with zero attached hydrogens (tertiary/aromatic N) is 1. The van der Waals surface area contributed by atoms with E-state index in [0.717, 1.165) is 0 Å². The fourth-order valence-corrected chi connectivity index (χ4v) is 1.25. The quantitative estimate of drug-likeness (QED) is 0.735. The van der Waals surface area contributed by atoms with Crippen LogP contribution in [0.3, 0.4) is 0 Å². The van der Waals surface area contributed by atoms with E-state index in [0.29, 0.717) is 6.54 Å². The minimum atomic E-state index is -4.21. The molecule has 98 valence electrons. The summed E-state index contributed by atoms with van der Waals surface area (Å²) in [6.07, 6.45) is -4.21. The van der Waals surface area contributed by atoms with Gasteiger partial charge in [0.05, 0.1) is 13.2 Å². The van der Waals surface area contributed by atoms with Crippen molar-refractivity contribution in [3.05, 3.63) is 0 Å². The van der Waals surface area contributed by atoms with E-state index in [1.165, 1.54) is 4.90 Å². The van der Waals surface area contributed by atoms with Crippen molar-refractivity contribution in [2.75, 3.05) is 32.8 Å². The maximum Gasteiger partial charge on any atom is 0.401 e. The minimum Gasteiger partial charge on any atom is -0.395 e. The van der Waals surface area contributed by atoms with E-state index in [-0.39, 0.29) is 25.2 Å². The van der Waals surface area contributed by atoms with Crippen molar-refractivity contribution < 1.29 is 18.3 Å². The van der Waals surface area contributed by atoms with Gasteiger partial charge < -0.3 is 10.4 Å². The summed E-state index contributed by atoms with van der Waals surface area (Å²) in [5.74, 6) is 0. The SMILES string of the molecule is CC(C)(C)NCCN(CCO)CC(F)(F)F. The van der Waals surface area contributed by atoms with Crippen molar-refractivity contribution >= 4 is 0 Å². The Kier molecular flexibility index (Phi) is 6.28. The van der Waals surface area contributed by atoms with Crippen LogP contribution in [0.1, 0.15) is 20.8 Å². The molecule has 16 heavy (non-hydrogen) atoms. The van der Waals surface area contributed by atoms with E-state index in [4.69, 9.17) is 5.11 Å². The Morgan fingerprint density at radius 1 is 1.12 bits per heavy atom. The molecule has 0 aromatic carbocycles. The van der Waals surface area contributed by atoms with Crippen LogP contribution in [0.4, 0.5) is 13.2 Å². The lowest BCUT2D eigenvalue weighted by atomic mass is 10.1. The van der Waals surface area contributed by atoms with Crippen molar-refractivity contribution in [3.63, 3.8) is 0 Å². The predicted octanol–water partition coefficient (Wildman–Crippen LogP) is 1.23. The van der Waals surface area contributed by atoms with Crippen LogP contribution in [-0.2, 0) is 0 Å². The number of aliphatic hydroxyl groups excluding tert-OH is 1. The average molecular weight is 242 g/mol. The highest BCUT2D eigenvalue weighted by molar-refractivity contribution is 4.72. The molecule has 2 N–H and O–H groups in total. The largest absolute Gasteiger partial charge is 0.401 e. The van der Waals surface area contributed by atoms with Gasteiger partial charge >= 0.3 is 6.18 Å². The number of alkyl halides is 3. The zero-order valence-corrected chi connectivity index (χ0v) is 10.1. The highest BCUT2D eigenvalue weighted by Gasteiger charge is 2.30. The second-order valence-electron chi connectivity index (χ2n) is 4.79. The van der Waals surface area contributed by atoms with Crippen molar-refractivity contribution in [3.8, 4) is 0 Å². The Bertz CT molecular complexity index is 189. The number of rotatable bonds is 6. The standard InChI is InChI=1S/C10H21F3N2O/c1-9(2,3)14-4-5-15(6-7-16)8-10(11,12)13/h14,16H,4-8H2,1-3H3. The van der Waals surface area contributed by atoms with Crippen LogP contribution in [0.2, 0.25) is 0 Å². The molecular formula is C10H21F3N2O. The van der Waals surface area contributed by atoms with E-state index >= 15 is 0 Å². The van der Waals surface area contributed by atoms with Gasteiger partial charge in [-0.05, 0) is 20.8 Å². The topological polar surface area (TPSA) is 35.5 Å². The molecule has 0 aliphatic rings. The third-order valence-corrected chi connectivity index (χ3v) is 1.90. The van der Waals surface area contributed by atoms with Gasteiger partial charge in [0.2, 0.25) is 0 Å². The van der Waals surface area contributed by atoms with E-state index < -0.39 is 12.7 Å². The van der Waals surface area contributed by atoms with E-state index in [1.807, 2.05) is 20.8 Å². The summed E-state index contributed by atoms with van der Waals surface area (Å²) in [7, 11) is 0. The Labute approximate surface area is 94.6 Å². The van der Waals surface area contributed by atoms with Crippen molar-refractivity contribution in [2.24, 2.45) is 0 Å². The van der Waals surface area contributed by atoms with E-state index in [2.05, 4.69) is 5.32 Å². The molecule has 0 fully saturated rings. The maximum absolute atomic E-state index is 12.1. The molecular weight excluding hydrogens is 221 g/mol. The summed E-state index contributed by atoms with van der Waals surface area (Å²) in [6, 6.07) is 0. The van der Waals surface area contributed by atoms with Gasteiger partial charge in [-0.25, -0.2) is 0 Å². The van der Waals surface area contributed by atoms with Gasteiger partial charge in [-0.3, -0.25) is 4.90 Å². The van der Waals surface area contributed by atoms with Crippen molar-refractivity contribution in [2.45, 2.75) is 32.5 Å². The molecule has 0 amide bonds. The lowest BCUT2D eigenvalue weighted by Gasteiger charge is -2.26. The van der Waals surface area contributed by atoms with Gasteiger partial charge in [0.1, 0.15) is 0 Å². The first-order valence-corrected chi connectivity index (χ1v) is 5.29. The molecule has 0 rings (SSSR count). The molecule has 0 unspecified atom stereocenters. The third-order valence-electron chi connectivity index (χ3n) is 1.90. The molecule has 0 heterocycles.